The summed E-state index contributed by atoms with van der Waals surface area (Å²) in [5.41, 5.74) is 2.07. The summed E-state index contributed by atoms with van der Waals surface area (Å²) < 4.78 is 5.85. The molecule has 0 aliphatic carbocycles. The van der Waals surface area contributed by atoms with E-state index in [0.717, 1.165) is 22.0 Å². The molecule has 0 spiro atoms. The summed E-state index contributed by atoms with van der Waals surface area (Å²) in [6.45, 7) is 6.86. The van der Waals surface area contributed by atoms with Gasteiger partial charge in [0.1, 0.15) is 16.9 Å². The second kappa shape index (κ2) is 7.97. The molecule has 0 aliphatic rings. The number of carbonyl (C=O) groups excluding carboxylic acids is 1. The van der Waals surface area contributed by atoms with E-state index < -0.39 is 0 Å². The first-order valence-corrected chi connectivity index (χ1v) is 8.46. The van der Waals surface area contributed by atoms with Crippen LogP contribution < -0.4 is 10.1 Å². The molecule has 1 aromatic carbocycles. The van der Waals surface area contributed by atoms with Crippen LogP contribution in [0, 0.1) is 13.8 Å². The number of para-hydroxylation sites is 1. The van der Waals surface area contributed by atoms with Crippen LogP contribution in [-0.4, -0.2) is 35.6 Å². The molecule has 1 heterocycles. The Morgan fingerprint density at radius 2 is 2.13 bits per heavy atom. The number of rotatable bonds is 6. The minimum absolute atomic E-state index is 0.101. The first-order chi connectivity index (χ1) is 11.0. The van der Waals surface area contributed by atoms with E-state index in [1.165, 1.54) is 0 Å². The first kappa shape index (κ1) is 17.3. The van der Waals surface area contributed by atoms with E-state index in [1.54, 1.807) is 23.3 Å². The number of thiazole rings is 1. The van der Waals surface area contributed by atoms with Gasteiger partial charge in [0.2, 0.25) is 0 Å². The number of aromatic nitrogens is 1. The Hall–Kier alpha value is -2.08. The number of amides is 2. The quantitative estimate of drug-likeness (QED) is 0.882. The van der Waals surface area contributed by atoms with Crippen molar-refractivity contribution < 1.29 is 9.53 Å². The summed E-state index contributed by atoms with van der Waals surface area (Å²) in [7, 11) is 1.76. The molecule has 1 aromatic heterocycles. The molecule has 2 amide bonds. The second-order valence-corrected chi connectivity index (χ2v) is 6.56. The van der Waals surface area contributed by atoms with Crippen molar-refractivity contribution in [2.24, 2.45) is 0 Å². The molecular formula is C17H23N3O2S. The second-order valence-electron chi connectivity index (χ2n) is 5.62. The van der Waals surface area contributed by atoms with Gasteiger partial charge in [0.05, 0.1) is 13.1 Å². The lowest BCUT2D eigenvalue weighted by atomic mass is 10.2. The van der Waals surface area contributed by atoms with Gasteiger partial charge in [0.25, 0.3) is 0 Å². The monoisotopic (exact) mass is 333 g/mol. The predicted molar refractivity (Wildman–Crippen MR) is 93.0 cm³/mol. The molecular weight excluding hydrogens is 310 g/mol. The average Bonchev–Trinajstić information content (AvgIpc) is 2.92. The first-order valence-electron chi connectivity index (χ1n) is 7.58. The molecule has 5 nitrogen and oxygen atoms in total. The Morgan fingerprint density at radius 1 is 1.39 bits per heavy atom. The Bertz CT molecular complexity index is 657. The van der Waals surface area contributed by atoms with Gasteiger partial charge >= 0.3 is 6.03 Å². The predicted octanol–water partition coefficient (Wildman–Crippen LogP) is 3.37. The lowest BCUT2D eigenvalue weighted by molar-refractivity contribution is 0.188. The maximum atomic E-state index is 12.1. The molecule has 124 valence electrons. The van der Waals surface area contributed by atoms with Crippen molar-refractivity contribution in [3.05, 3.63) is 45.9 Å². The number of hydrogen-bond donors (Lipinski definition) is 1. The zero-order valence-electron chi connectivity index (χ0n) is 14.0. The Balaban J connectivity index is 1.78. The molecule has 0 saturated carbocycles. The van der Waals surface area contributed by atoms with E-state index in [9.17, 15) is 4.79 Å². The largest absolute Gasteiger partial charge is 0.489 e. The lowest BCUT2D eigenvalue weighted by Gasteiger charge is -2.20. The summed E-state index contributed by atoms with van der Waals surface area (Å²) in [6.07, 6.45) is -0.101. The smallest absolute Gasteiger partial charge is 0.317 e. The van der Waals surface area contributed by atoms with Gasteiger partial charge in [-0.05, 0) is 32.4 Å². The number of nitrogens with zero attached hydrogens (tertiary/aromatic N) is 2. The molecule has 1 atom stereocenters. The van der Waals surface area contributed by atoms with Crippen LogP contribution in [0.3, 0.4) is 0 Å². The van der Waals surface area contributed by atoms with Gasteiger partial charge in [-0.25, -0.2) is 9.78 Å². The lowest BCUT2D eigenvalue weighted by Crippen LogP contribution is -2.41. The van der Waals surface area contributed by atoms with Gasteiger partial charge in [-0.1, -0.05) is 18.2 Å². The number of benzene rings is 1. The summed E-state index contributed by atoms with van der Waals surface area (Å²) in [5, 5.41) is 5.81. The third kappa shape index (κ3) is 5.25. The minimum atomic E-state index is -0.127. The number of aryl methyl sites for hydroxylation is 2. The van der Waals surface area contributed by atoms with Crippen molar-refractivity contribution in [1.82, 2.24) is 15.2 Å². The van der Waals surface area contributed by atoms with Crippen molar-refractivity contribution in [3.63, 3.8) is 0 Å². The van der Waals surface area contributed by atoms with E-state index in [4.69, 9.17) is 4.74 Å². The molecule has 0 bridgehead atoms. The summed E-state index contributed by atoms with van der Waals surface area (Å²) >= 11 is 1.57. The Morgan fingerprint density at radius 3 is 2.78 bits per heavy atom. The van der Waals surface area contributed by atoms with Gasteiger partial charge in [0, 0.05) is 18.1 Å². The minimum Gasteiger partial charge on any atom is -0.489 e. The van der Waals surface area contributed by atoms with Crippen molar-refractivity contribution in [2.75, 3.05) is 13.6 Å². The zero-order valence-corrected chi connectivity index (χ0v) is 14.8. The van der Waals surface area contributed by atoms with Crippen LogP contribution in [0.1, 0.15) is 23.2 Å². The van der Waals surface area contributed by atoms with E-state index >= 15 is 0 Å². The van der Waals surface area contributed by atoms with Crippen LogP contribution in [0.4, 0.5) is 4.79 Å². The maximum Gasteiger partial charge on any atom is 0.317 e. The van der Waals surface area contributed by atoms with Crippen LogP contribution in [-0.2, 0) is 6.54 Å². The highest BCUT2D eigenvalue weighted by molar-refractivity contribution is 7.09. The molecule has 6 heteroatoms. The zero-order chi connectivity index (χ0) is 16.8. The van der Waals surface area contributed by atoms with Crippen molar-refractivity contribution in [1.29, 1.82) is 0 Å². The van der Waals surface area contributed by atoms with Gasteiger partial charge < -0.3 is 15.0 Å². The number of urea groups is 1. The SMILES string of the molecule is Cc1csc(CN(C)C(=O)NC[C@H](C)Oc2ccccc2C)n1. The number of ether oxygens (including phenoxy) is 1. The Kier molecular flexibility index (Phi) is 5.98. The molecule has 0 fully saturated rings. The van der Waals surface area contributed by atoms with Crippen LogP contribution in [0.25, 0.3) is 0 Å². The molecule has 2 aromatic rings. The van der Waals surface area contributed by atoms with Crippen LogP contribution in [0.2, 0.25) is 0 Å². The number of hydrogen-bond acceptors (Lipinski definition) is 4. The molecule has 2 rings (SSSR count). The fourth-order valence-corrected chi connectivity index (χ4v) is 2.89. The third-order valence-electron chi connectivity index (χ3n) is 3.35. The standard InChI is InChI=1S/C17H23N3O2S/c1-12-7-5-6-8-15(12)22-14(3)9-18-17(21)20(4)10-16-19-13(2)11-23-16/h5-8,11,14H,9-10H2,1-4H3,(H,18,21)/t14-/m0/s1. The maximum absolute atomic E-state index is 12.1. The molecule has 1 N–H and O–H groups in total. The van der Waals surface area contributed by atoms with Crippen LogP contribution >= 0.6 is 11.3 Å². The van der Waals surface area contributed by atoms with E-state index in [0.29, 0.717) is 13.1 Å². The van der Waals surface area contributed by atoms with Gasteiger partial charge in [0.15, 0.2) is 0 Å². The van der Waals surface area contributed by atoms with Crippen LogP contribution in [0.15, 0.2) is 29.6 Å². The summed E-state index contributed by atoms with van der Waals surface area (Å²) in [5.74, 6) is 0.848. The normalized spacial score (nSPS) is 11.8. The van der Waals surface area contributed by atoms with Crippen LogP contribution in [0.5, 0.6) is 5.75 Å². The molecule has 0 aliphatic heterocycles. The molecule has 23 heavy (non-hydrogen) atoms. The highest BCUT2D eigenvalue weighted by Crippen LogP contribution is 2.17. The fourth-order valence-electron chi connectivity index (χ4n) is 2.06. The molecule has 0 saturated heterocycles. The summed E-state index contributed by atoms with van der Waals surface area (Å²) in [6, 6.07) is 7.73. The van der Waals surface area contributed by atoms with E-state index in [1.807, 2.05) is 50.4 Å². The van der Waals surface area contributed by atoms with Crippen molar-refractivity contribution >= 4 is 17.4 Å². The third-order valence-corrected chi connectivity index (χ3v) is 4.30. The highest BCUT2D eigenvalue weighted by Gasteiger charge is 2.13. The summed E-state index contributed by atoms with van der Waals surface area (Å²) in [4.78, 5) is 18.1. The van der Waals surface area contributed by atoms with Gasteiger partial charge in [-0.2, -0.15) is 0 Å². The number of nitrogens with one attached hydrogen (secondary N) is 1. The topological polar surface area (TPSA) is 54.5 Å². The van der Waals surface area contributed by atoms with E-state index in [-0.39, 0.29) is 12.1 Å². The average molecular weight is 333 g/mol. The van der Waals surface area contributed by atoms with Crippen molar-refractivity contribution in [3.8, 4) is 5.75 Å². The van der Waals surface area contributed by atoms with Crippen molar-refractivity contribution in [2.45, 2.75) is 33.4 Å². The molecule has 0 radical (unpaired) electrons. The van der Waals surface area contributed by atoms with Gasteiger partial charge in [-0.15, -0.1) is 11.3 Å². The Labute approximate surface area is 141 Å². The van der Waals surface area contributed by atoms with E-state index in [2.05, 4.69) is 10.3 Å². The highest BCUT2D eigenvalue weighted by atomic mass is 32.1. The fraction of sp³-hybridized carbons (Fsp3) is 0.412. The molecule has 0 unspecified atom stereocenters. The van der Waals surface area contributed by atoms with Gasteiger partial charge in [-0.3, -0.25) is 0 Å². The number of carbonyl (C=O) groups is 1.